The number of para-hydroxylation sites is 1. The number of rotatable bonds is 12. The van der Waals surface area contributed by atoms with Crippen LogP contribution in [0.3, 0.4) is 0 Å². The predicted molar refractivity (Wildman–Crippen MR) is 138 cm³/mol. The Bertz CT molecular complexity index is 905. The lowest BCUT2D eigenvalue weighted by Gasteiger charge is -2.30. The van der Waals surface area contributed by atoms with Crippen LogP contribution in [0.5, 0.6) is 0 Å². The lowest BCUT2D eigenvalue weighted by atomic mass is 10.2. The number of thiazole rings is 1. The second-order valence-electron chi connectivity index (χ2n) is 6.11. The lowest BCUT2D eigenvalue weighted by Crippen LogP contribution is -2.57. The van der Waals surface area contributed by atoms with E-state index in [1.54, 1.807) is 52.6 Å². The molecule has 4 nitrogen and oxygen atoms in total. The second kappa shape index (κ2) is 12.2. The number of fused-ring (bicyclic) bond motifs is 1. The fourth-order valence-corrected chi connectivity index (χ4v) is 13.3. The van der Waals surface area contributed by atoms with Crippen molar-refractivity contribution in [2.45, 2.75) is 36.9 Å². The van der Waals surface area contributed by atoms with Gasteiger partial charge in [-0.15, -0.1) is 11.3 Å². The molecule has 0 spiro atoms. The summed E-state index contributed by atoms with van der Waals surface area (Å²) in [6, 6.07) is 14.7. The number of aromatic nitrogens is 1. The number of benzene rings is 2. The van der Waals surface area contributed by atoms with Crippen molar-refractivity contribution < 1.29 is 13.3 Å². The van der Waals surface area contributed by atoms with Gasteiger partial charge >= 0.3 is 8.80 Å². The average Bonchev–Trinajstić information content (AvgIpc) is 3.15. The summed E-state index contributed by atoms with van der Waals surface area (Å²) >= 11 is 1.73. The van der Waals surface area contributed by atoms with E-state index in [0.29, 0.717) is 19.8 Å². The molecule has 0 aliphatic rings. The maximum absolute atomic E-state index is 6.15. The molecule has 0 amide bonds. The molecule has 0 bridgehead atoms. The maximum Gasteiger partial charge on any atom is 0.538 e. The van der Waals surface area contributed by atoms with Gasteiger partial charge in [-0.05, 0) is 87.1 Å². The summed E-state index contributed by atoms with van der Waals surface area (Å²) in [6.07, 6.45) is 0. The summed E-state index contributed by atoms with van der Waals surface area (Å²) in [5, 5.41) is 1.05. The molecule has 162 valence electrons. The molecule has 30 heavy (non-hydrogen) atoms. The van der Waals surface area contributed by atoms with Crippen molar-refractivity contribution >= 4 is 76.8 Å². The first kappa shape index (κ1) is 24.5. The van der Waals surface area contributed by atoms with Gasteiger partial charge in [0.1, 0.15) is 0 Å². The van der Waals surface area contributed by atoms with Gasteiger partial charge in [0.25, 0.3) is 0 Å². The minimum absolute atomic E-state index is 0.555. The van der Waals surface area contributed by atoms with E-state index in [0.717, 1.165) is 19.9 Å². The molecule has 0 aliphatic carbocycles. The minimum Gasteiger partial charge on any atom is -0.370 e. The Labute approximate surface area is 198 Å². The Morgan fingerprint density at radius 1 is 0.900 bits per heavy atom. The quantitative estimate of drug-likeness (QED) is 0.146. The number of hydrogen-bond acceptors (Lipinski definition) is 9. The summed E-state index contributed by atoms with van der Waals surface area (Å²) < 4.78 is 20.8. The van der Waals surface area contributed by atoms with E-state index in [2.05, 4.69) is 48.3 Å². The van der Waals surface area contributed by atoms with E-state index < -0.39 is 8.80 Å². The molecule has 3 rings (SSSR count). The minimum atomic E-state index is -2.95. The van der Waals surface area contributed by atoms with Gasteiger partial charge < -0.3 is 13.3 Å². The van der Waals surface area contributed by atoms with Crippen molar-refractivity contribution in [3.05, 3.63) is 48.0 Å². The van der Waals surface area contributed by atoms with Crippen LogP contribution in [0.15, 0.2) is 51.7 Å². The third kappa shape index (κ3) is 6.20. The Kier molecular flexibility index (Phi) is 9.93. The third-order valence-corrected chi connectivity index (χ3v) is 14.7. The van der Waals surface area contributed by atoms with Crippen LogP contribution >= 0.6 is 52.6 Å². The highest BCUT2D eigenvalue weighted by Crippen LogP contribution is 2.50. The first-order valence-electron chi connectivity index (χ1n) is 9.68. The maximum atomic E-state index is 6.15. The van der Waals surface area contributed by atoms with Gasteiger partial charge in [-0.2, -0.15) is 0 Å². The molecule has 1 heterocycles. The molecule has 1 aromatic heterocycles. The van der Waals surface area contributed by atoms with Gasteiger partial charge in [0.15, 0.2) is 4.34 Å². The van der Waals surface area contributed by atoms with Crippen LogP contribution in [0.1, 0.15) is 26.3 Å². The molecule has 10 heteroatoms. The summed E-state index contributed by atoms with van der Waals surface area (Å²) in [7, 11) is 3.90. The van der Waals surface area contributed by atoms with Crippen LogP contribution in [0.2, 0.25) is 0 Å². The molecule has 3 aromatic rings. The Balaban J connectivity index is 1.72. The number of aryl methyl sites for hydroxylation is 1. The summed E-state index contributed by atoms with van der Waals surface area (Å²) in [5.41, 5.74) is 2.23. The van der Waals surface area contributed by atoms with Crippen LogP contribution in [0.4, 0.5) is 0 Å². The molecule has 0 atom stereocenters. The van der Waals surface area contributed by atoms with Crippen molar-refractivity contribution in [1.29, 1.82) is 0 Å². The van der Waals surface area contributed by atoms with Gasteiger partial charge in [0.2, 0.25) is 0 Å². The normalized spacial score (nSPS) is 12.0. The molecule has 0 N–H and O–H groups in total. The molecule has 0 radical (unpaired) electrons. The zero-order valence-corrected chi connectivity index (χ0v) is 22.5. The van der Waals surface area contributed by atoms with E-state index in [4.69, 9.17) is 13.3 Å². The van der Waals surface area contributed by atoms with Crippen LogP contribution in [-0.4, -0.2) is 33.6 Å². The lowest BCUT2D eigenvalue weighted by molar-refractivity contribution is 0.0854. The topological polar surface area (TPSA) is 40.6 Å². The highest BCUT2D eigenvalue weighted by molar-refractivity contribution is 9.26. The molecule has 0 saturated heterocycles. The van der Waals surface area contributed by atoms with Gasteiger partial charge in [-0.1, -0.05) is 29.8 Å². The van der Waals surface area contributed by atoms with Gasteiger partial charge in [0, 0.05) is 29.9 Å². The van der Waals surface area contributed by atoms with E-state index in [1.165, 1.54) is 10.3 Å². The second-order valence-corrected chi connectivity index (χ2v) is 15.6. The first-order chi connectivity index (χ1) is 14.6. The third-order valence-electron chi connectivity index (χ3n) is 4.00. The zero-order chi connectivity index (χ0) is 21.4. The SMILES string of the molecule is CCO[Si](OCC)(OCC)c1cc(C)ccc1SSSSc1nc2ccccc2s1. The smallest absolute Gasteiger partial charge is 0.370 e. The highest BCUT2D eigenvalue weighted by Gasteiger charge is 2.45. The average molecular weight is 516 g/mol. The molecule has 0 saturated carbocycles. The molecule has 0 fully saturated rings. The van der Waals surface area contributed by atoms with E-state index in [-0.39, 0.29) is 0 Å². The highest BCUT2D eigenvalue weighted by atomic mass is 33.7. The van der Waals surface area contributed by atoms with E-state index in [1.807, 2.05) is 26.8 Å². The van der Waals surface area contributed by atoms with Crippen molar-refractivity contribution in [3.63, 3.8) is 0 Å². The van der Waals surface area contributed by atoms with Crippen molar-refractivity contribution in [3.8, 4) is 0 Å². The van der Waals surface area contributed by atoms with Gasteiger partial charge in [0.05, 0.1) is 10.2 Å². The largest absolute Gasteiger partial charge is 0.538 e. The molecular weight excluding hydrogens is 491 g/mol. The number of nitrogens with zero attached hydrogens (tertiary/aromatic N) is 1. The van der Waals surface area contributed by atoms with Crippen LogP contribution in [-0.2, 0) is 13.3 Å². The Morgan fingerprint density at radius 2 is 1.57 bits per heavy atom. The molecule has 0 aliphatic heterocycles. The predicted octanol–water partition coefficient (Wildman–Crippen LogP) is 6.96. The standard InChI is InChI=1S/C20H25NO3S5Si/c1-5-22-30(23-6-2,24-7-3)19-14-15(4)12-13-18(19)26-28-29-27-20-21-16-10-8-9-11-17(16)25-20/h8-14H,5-7H2,1-4H3. The Morgan fingerprint density at radius 3 is 2.23 bits per heavy atom. The first-order valence-corrected chi connectivity index (χ1v) is 17.0. The summed E-state index contributed by atoms with van der Waals surface area (Å²) in [4.78, 5) is 5.81. The van der Waals surface area contributed by atoms with Crippen LogP contribution in [0.25, 0.3) is 10.2 Å². The monoisotopic (exact) mass is 515 g/mol. The number of hydrogen-bond donors (Lipinski definition) is 0. The van der Waals surface area contributed by atoms with Crippen molar-refractivity contribution in [2.75, 3.05) is 19.8 Å². The van der Waals surface area contributed by atoms with E-state index >= 15 is 0 Å². The fraction of sp³-hybridized carbons (Fsp3) is 0.350. The Hall–Kier alpha value is -0.173. The van der Waals surface area contributed by atoms with Crippen LogP contribution in [0, 0.1) is 6.92 Å². The van der Waals surface area contributed by atoms with Crippen LogP contribution < -0.4 is 5.19 Å². The van der Waals surface area contributed by atoms with Crippen molar-refractivity contribution in [2.24, 2.45) is 0 Å². The van der Waals surface area contributed by atoms with Gasteiger partial charge in [-0.3, -0.25) is 0 Å². The molecular formula is C20H25NO3S5Si. The fourth-order valence-electron chi connectivity index (χ4n) is 2.86. The molecule has 2 aromatic carbocycles. The summed E-state index contributed by atoms with van der Waals surface area (Å²) in [5.74, 6) is 0. The zero-order valence-electron chi connectivity index (χ0n) is 17.4. The van der Waals surface area contributed by atoms with Crippen molar-refractivity contribution in [1.82, 2.24) is 4.98 Å². The summed E-state index contributed by atoms with van der Waals surface area (Å²) in [6.45, 7) is 9.72. The van der Waals surface area contributed by atoms with Gasteiger partial charge in [-0.25, -0.2) is 4.98 Å². The molecule has 0 unspecified atom stereocenters. The van der Waals surface area contributed by atoms with E-state index in [9.17, 15) is 0 Å².